The van der Waals surface area contributed by atoms with E-state index in [9.17, 15) is 0 Å². The number of aryl methyl sites for hydroxylation is 1. The van der Waals surface area contributed by atoms with Gasteiger partial charge in [-0.2, -0.15) is 0 Å². The first kappa shape index (κ1) is 10.1. The molecule has 2 aromatic heterocycles. The molecule has 0 aliphatic rings. The molecule has 13 heavy (non-hydrogen) atoms. The predicted octanol–water partition coefficient (Wildman–Crippen LogP) is 3.42. The third-order valence-electron chi connectivity index (χ3n) is 1.30. The van der Waals surface area contributed by atoms with E-state index < -0.39 is 0 Å². The molecule has 0 spiro atoms. The molecule has 0 atom stereocenters. The maximum atomic E-state index is 4.27. The average Bonchev–Trinajstić information content (AvgIpc) is 2.45. The van der Waals surface area contributed by atoms with Gasteiger partial charge in [-0.1, -0.05) is 20.3 Å². The summed E-state index contributed by atoms with van der Waals surface area (Å²) >= 11 is 1.70. The summed E-state index contributed by atoms with van der Waals surface area (Å²) in [5, 5.41) is 1.10. The van der Waals surface area contributed by atoms with Gasteiger partial charge in [0.2, 0.25) is 0 Å². The Morgan fingerprint density at radius 1 is 1.38 bits per heavy atom. The summed E-state index contributed by atoms with van der Waals surface area (Å²) < 4.78 is 1.22. The maximum absolute atomic E-state index is 4.27. The Balaban J connectivity index is 0.000000251. The van der Waals surface area contributed by atoms with Crippen molar-refractivity contribution in [1.82, 2.24) is 9.97 Å². The van der Waals surface area contributed by atoms with Crippen molar-refractivity contribution >= 4 is 21.6 Å². The van der Waals surface area contributed by atoms with Crippen LogP contribution in [0.4, 0.5) is 0 Å². The lowest BCUT2D eigenvalue weighted by atomic mass is 10.5. The van der Waals surface area contributed by atoms with Gasteiger partial charge in [0.1, 0.15) is 0 Å². The van der Waals surface area contributed by atoms with Crippen molar-refractivity contribution in [1.29, 1.82) is 0 Å². The number of rotatable bonds is 0. The third-order valence-corrected chi connectivity index (χ3v) is 2.25. The van der Waals surface area contributed by atoms with Crippen LogP contribution < -0.4 is 0 Å². The summed E-state index contributed by atoms with van der Waals surface area (Å²) in [4.78, 5) is 8.24. The summed E-state index contributed by atoms with van der Waals surface area (Å²) in [6.07, 6.45) is 4.83. The van der Waals surface area contributed by atoms with E-state index in [0.717, 1.165) is 10.5 Å². The lowest BCUT2D eigenvalue weighted by molar-refractivity contribution is 1.09. The first-order valence-corrected chi connectivity index (χ1v) is 5.26. The van der Waals surface area contributed by atoms with Gasteiger partial charge in [-0.3, -0.25) is 4.98 Å². The second kappa shape index (κ2) is 4.92. The summed E-state index contributed by atoms with van der Waals surface area (Å²) in [6.45, 7) is 6.25. The standard InChI is InChI=1S/C7H6N2S.C3H8/c1-5-9-6-4-8-3-2-7(6)10-5;1-3-2/h2-4H,1H3;3H2,1-2H3. The molecule has 0 saturated carbocycles. The monoisotopic (exact) mass is 194 g/mol. The molecule has 0 radical (unpaired) electrons. The summed E-state index contributed by atoms with van der Waals surface area (Å²) in [5.74, 6) is 0. The van der Waals surface area contributed by atoms with Crippen molar-refractivity contribution in [2.45, 2.75) is 27.2 Å². The maximum Gasteiger partial charge on any atom is 0.0998 e. The largest absolute Gasteiger partial charge is 0.262 e. The van der Waals surface area contributed by atoms with Crippen LogP contribution in [0.1, 0.15) is 25.3 Å². The van der Waals surface area contributed by atoms with Crippen molar-refractivity contribution < 1.29 is 0 Å². The lowest BCUT2D eigenvalue weighted by Crippen LogP contribution is -1.69. The molecular weight excluding hydrogens is 180 g/mol. The Hall–Kier alpha value is -0.960. The molecule has 0 aromatic carbocycles. The van der Waals surface area contributed by atoms with E-state index in [0.29, 0.717) is 0 Å². The van der Waals surface area contributed by atoms with Crippen LogP contribution in [0.15, 0.2) is 18.5 Å². The van der Waals surface area contributed by atoms with Crippen molar-refractivity contribution in [3.63, 3.8) is 0 Å². The summed E-state index contributed by atoms with van der Waals surface area (Å²) in [7, 11) is 0. The number of hydrogen-bond donors (Lipinski definition) is 0. The molecule has 0 aliphatic carbocycles. The zero-order valence-corrected chi connectivity index (χ0v) is 9.06. The van der Waals surface area contributed by atoms with Crippen molar-refractivity contribution in [2.24, 2.45) is 0 Å². The molecule has 0 bridgehead atoms. The normalized spacial score (nSPS) is 9.46. The first-order valence-electron chi connectivity index (χ1n) is 4.45. The molecule has 3 heteroatoms. The van der Waals surface area contributed by atoms with Gasteiger partial charge in [-0.15, -0.1) is 11.3 Å². The Labute approximate surface area is 82.7 Å². The van der Waals surface area contributed by atoms with Crippen molar-refractivity contribution in [3.8, 4) is 0 Å². The highest BCUT2D eigenvalue weighted by Gasteiger charge is 1.96. The molecule has 0 unspecified atom stereocenters. The van der Waals surface area contributed by atoms with Gasteiger partial charge in [0, 0.05) is 6.20 Å². The fraction of sp³-hybridized carbons (Fsp3) is 0.400. The third kappa shape index (κ3) is 2.77. The smallest absolute Gasteiger partial charge is 0.0998 e. The van der Waals surface area contributed by atoms with E-state index in [-0.39, 0.29) is 0 Å². The molecular formula is C10H14N2S. The van der Waals surface area contributed by atoms with E-state index in [2.05, 4.69) is 23.8 Å². The molecule has 0 N–H and O–H groups in total. The van der Waals surface area contributed by atoms with Gasteiger partial charge in [0.05, 0.1) is 21.4 Å². The van der Waals surface area contributed by atoms with Crippen LogP contribution in [0.5, 0.6) is 0 Å². The van der Waals surface area contributed by atoms with E-state index in [1.807, 2.05) is 13.0 Å². The molecule has 0 saturated heterocycles. The number of hydrogen-bond acceptors (Lipinski definition) is 3. The summed E-state index contributed by atoms with van der Waals surface area (Å²) in [5.41, 5.74) is 1.00. The molecule has 2 heterocycles. The topological polar surface area (TPSA) is 25.8 Å². The average molecular weight is 194 g/mol. The molecule has 70 valence electrons. The van der Waals surface area contributed by atoms with Gasteiger partial charge in [0.15, 0.2) is 0 Å². The Morgan fingerprint density at radius 2 is 2.08 bits per heavy atom. The second-order valence-electron chi connectivity index (χ2n) is 2.78. The molecule has 2 rings (SSSR count). The minimum atomic E-state index is 1.00. The van der Waals surface area contributed by atoms with Gasteiger partial charge in [-0.25, -0.2) is 4.98 Å². The quantitative estimate of drug-likeness (QED) is 0.642. The Bertz CT molecular complexity index is 335. The molecule has 0 fully saturated rings. The predicted molar refractivity (Wildman–Crippen MR) is 58.1 cm³/mol. The van der Waals surface area contributed by atoms with Crippen molar-refractivity contribution in [3.05, 3.63) is 23.5 Å². The molecule has 0 amide bonds. The summed E-state index contributed by atoms with van der Waals surface area (Å²) in [6, 6.07) is 1.99. The SMILES string of the molecule is CCC.Cc1nc2cnccc2s1. The lowest BCUT2D eigenvalue weighted by Gasteiger charge is -1.80. The van der Waals surface area contributed by atoms with Crippen LogP contribution in [-0.4, -0.2) is 9.97 Å². The van der Waals surface area contributed by atoms with Gasteiger partial charge >= 0.3 is 0 Å². The number of aromatic nitrogens is 2. The van der Waals surface area contributed by atoms with Crippen LogP contribution in [-0.2, 0) is 0 Å². The first-order chi connectivity index (χ1) is 6.27. The van der Waals surface area contributed by atoms with Gasteiger partial charge in [0.25, 0.3) is 0 Å². The van der Waals surface area contributed by atoms with Crippen LogP contribution in [0, 0.1) is 6.92 Å². The minimum absolute atomic E-state index is 1.00. The number of nitrogens with zero attached hydrogens (tertiary/aromatic N) is 2. The Kier molecular flexibility index (Phi) is 3.83. The zero-order chi connectivity index (χ0) is 9.68. The van der Waals surface area contributed by atoms with E-state index in [4.69, 9.17) is 0 Å². The minimum Gasteiger partial charge on any atom is -0.262 e. The van der Waals surface area contributed by atoms with Crippen LogP contribution in [0.2, 0.25) is 0 Å². The molecule has 0 aliphatic heterocycles. The highest BCUT2D eigenvalue weighted by molar-refractivity contribution is 7.18. The van der Waals surface area contributed by atoms with Gasteiger partial charge in [-0.05, 0) is 13.0 Å². The highest BCUT2D eigenvalue weighted by atomic mass is 32.1. The van der Waals surface area contributed by atoms with Crippen LogP contribution in [0.25, 0.3) is 10.2 Å². The van der Waals surface area contributed by atoms with Gasteiger partial charge < -0.3 is 0 Å². The van der Waals surface area contributed by atoms with Crippen molar-refractivity contribution in [2.75, 3.05) is 0 Å². The van der Waals surface area contributed by atoms with E-state index in [1.165, 1.54) is 11.1 Å². The molecule has 2 aromatic rings. The van der Waals surface area contributed by atoms with Crippen LogP contribution >= 0.6 is 11.3 Å². The Morgan fingerprint density at radius 3 is 2.69 bits per heavy atom. The fourth-order valence-electron chi connectivity index (χ4n) is 0.895. The number of fused-ring (bicyclic) bond motifs is 1. The second-order valence-corrected chi connectivity index (χ2v) is 4.02. The zero-order valence-electron chi connectivity index (χ0n) is 8.24. The number of thiazole rings is 1. The van der Waals surface area contributed by atoms with E-state index >= 15 is 0 Å². The van der Waals surface area contributed by atoms with Crippen LogP contribution in [0.3, 0.4) is 0 Å². The molecule has 2 nitrogen and oxygen atoms in total. The fourth-order valence-corrected chi connectivity index (χ4v) is 1.69. The van der Waals surface area contributed by atoms with E-state index in [1.54, 1.807) is 23.7 Å². The highest BCUT2D eigenvalue weighted by Crippen LogP contribution is 2.18. The number of pyridine rings is 1.